The lowest BCUT2D eigenvalue weighted by molar-refractivity contribution is 0.251. The first-order valence-electron chi connectivity index (χ1n) is 10.8. The average Bonchev–Trinajstić information content (AvgIpc) is 3.22. The molecule has 3 aromatic rings. The summed E-state index contributed by atoms with van der Waals surface area (Å²) in [5, 5.41) is 8.21. The molecule has 2 aromatic carbocycles. The zero-order valence-electron chi connectivity index (χ0n) is 17.9. The maximum Gasteiger partial charge on any atom is 0.123 e. The molecule has 0 spiro atoms. The van der Waals surface area contributed by atoms with Gasteiger partial charge in [0.25, 0.3) is 0 Å². The predicted octanol–water partition coefficient (Wildman–Crippen LogP) is 4.30. The van der Waals surface area contributed by atoms with Crippen LogP contribution in [0.25, 0.3) is 11.3 Å². The van der Waals surface area contributed by atoms with Crippen LogP contribution in [-0.4, -0.2) is 52.6 Å². The fourth-order valence-electron chi connectivity index (χ4n) is 4.04. The van der Waals surface area contributed by atoms with Crippen LogP contribution in [0.3, 0.4) is 0 Å². The number of aromatic nitrogens is 3. The Morgan fingerprint density at radius 1 is 0.900 bits per heavy atom. The highest BCUT2D eigenvalue weighted by Gasteiger charge is 2.17. The molecular weight excluding hydrogens is 377 g/mol. The smallest absolute Gasteiger partial charge is 0.123 e. The molecule has 0 radical (unpaired) electrons. The van der Waals surface area contributed by atoms with Gasteiger partial charge in [0.15, 0.2) is 0 Å². The summed E-state index contributed by atoms with van der Waals surface area (Å²) in [6.45, 7) is 10.6. The van der Waals surface area contributed by atoms with Crippen LogP contribution in [-0.2, 0) is 6.54 Å². The minimum Gasteiger partial charge on any atom is -0.369 e. The normalized spacial score (nSPS) is 15.0. The van der Waals surface area contributed by atoms with E-state index in [0.29, 0.717) is 0 Å². The van der Waals surface area contributed by atoms with E-state index in [1.54, 1.807) is 12.3 Å². The summed E-state index contributed by atoms with van der Waals surface area (Å²) in [7, 11) is 0. The van der Waals surface area contributed by atoms with E-state index in [9.17, 15) is 4.39 Å². The Morgan fingerprint density at radius 3 is 2.47 bits per heavy atom. The number of nitrogens with zero attached hydrogens (tertiary/aromatic N) is 5. The van der Waals surface area contributed by atoms with Crippen LogP contribution >= 0.6 is 0 Å². The first-order chi connectivity index (χ1) is 14.6. The summed E-state index contributed by atoms with van der Waals surface area (Å²) in [6.07, 6.45) is 3.86. The fourth-order valence-corrected chi connectivity index (χ4v) is 4.04. The molecule has 0 atom stereocenters. The third-order valence-electron chi connectivity index (χ3n) is 6.06. The van der Waals surface area contributed by atoms with Crippen molar-refractivity contribution in [3.8, 4) is 11.3 Å². The third-order valence-corrected chi connectivity index (χ3v) is 6.06. The van der Waals surface area contributed by atoms with Crippen molar-refractivity contribution in [1.82, 2.24) is 19.9 Å². The second-order valence-electron chi connectivity index (χ2n) is 8.16. The minimum absolute atomic E-state index is 0.236. The number of aryl methyl sites for hydroxylation is 3. The summed E-state index contributed by atoms with van der Waals surface area (Å²) in [4.78, 5) is 5.04. The van der Waals surface area contributed by atoms with E-state index < -0.39 is 0 Å². The fraction of sp³-hybridized carbons (Fsp3) is 0.417. The summed E-state index contributed by atoms with van der Waals surface area (Å²) < 4.78 is 15.4. The first-order valence-corrected chi connectivity index (χ1v) is 10.8. The van der Waals surface area contributed by atoms with Crippen LogP contribution in [0.1, 0.15) is 24.0 Å². The van der Waals surface area contributed by atoms with E-state index >= 15 is 0 Å². The van der Waals surface area contributed by atoms with Gasteiger partial charge in [0.05, 0.1) is 11.9 Å². The maximum absolute atomic E-state index is 13.5. The Kier molecular flexibility index (Phi) is 6.43. The molecule has 1 aliphatic rings. The van der Waals surface area contributed by atoms with Gasteiger partial charge >= 0.3 is 0 Å². The molecule has 1 aromatic heterocycles. The van der Waals surface area contributed by atoms with Crippen molar-refractivity contribution in [2.45, 2.75) is 33.2 Å². The van der Waals surface area contributed by atoms with E-state index in [1.165, 1.54) is 28.9 Å². The second kappa shape index (κ2) is 9.39. The van der Waals surface area contributed by atoms with E-state index in [2.05, 4.69) is 52.2 Å². The quantitative estimate of drug-likeness (QED) is 0.547. The van der Waals surface area contributed by atoms with Gasteiger partial charge < -0.3 is 4.90 Å². The highest BCUT2D eigenvalue weighted by Crippen LogP contribution is 2.21. The van der Waals surface area contributed by atoms with Gasteiger partial charge in [-0.15, -0.1) is 5.10 Å². The topological polar surface area (TPSA) is 37.2 Å². The van der Waals surface area contributed by atoms with E-state index in [1.807, 2.05) is 10.7 Å². The van der Waals surface area contributed by atoms with Crippen molar-refractivity contribution in [3.05, 3.63) is 65.6 Å². The standard InChI is InChI=1S/C24H30FN5/c1-19-8-9-23(16-20(19)2)29-14-12-28(13-15-29)10-3-4-11-30-24(18-26-27-30)21-6-5-7-22(25)17-21/h5-9,16-18H,3-4,10-15H2,1-2H3. The number of rotatable bonds is 7. The molecule has 0 N–H and O–H groups in total. The van der Waals surface area contributed by atoms with Gasteiger partial charge in [0.1, 0.15) is 5.82 Å². The van der Waals surface area contributed by atoms with Gasteiger partial charge in [-0.2, -0.15) is 0 Å². The molecule has 5 nitrogen and oxygen atoms in total. The molecule has 0 saturated carbocycles. The number of hydrogen-bond acceptors (Lipinski definition) is 4. The van der Waals surface area contributed by atoms with Gasteiger partial charge in [0.2, 0.25) is 0 Å². The van der Waals surface area contributed by atoms with Crippen LogP contribution < -0.4 is 4.90 Å². The van der Waals surface area contributed by atoms with Crippen molar-refractivity contribution in [2.75, 3.05) is 37.6 Å². The lowest BCUT2D eigenvalue weighted by Gasteiger charge is -2.36. The van der Waals surface area contributed by atoms with Gasteiger partial charge in [-0.3, -0.25) is 4.90 Å². The third kappa shape index (κ3) is 4.87. The molecule has 1 fully saturated rings. The van der Waals surface area contributed by atoms with Crippen molar-refractivity contribution in [2.24, 2.45) is 0 Å². The number of benzene rings is 2. The van der Waals surface area contributed by atoms with E-state index in [0.717, 1.165) is 63.4 Å². The average molecular weight is 408 g/mol. The summed E-state index contributed by atoms with van der Waals surface area (Å²) in [5.74, 6) is -0.236. The number of unbranched alkanes of at least 4 members (excludes halogenated alkanes) is 1. The van der Waals surface area contributed by atoms with Crippen molar-refractivity contribution < 1.29 is 4.39 Å². The Morgan fingerprint density at radius 2 is 1.70 bits per heavy atom. The zero-order valence-corrected chi connectivity index (χ0v) is 17.9. The molecule has 1 aliphatic heterocycles. The molecule has 0 unspecified atom stereocenters. The van der Waals surface area contributed by atoms with Gasteiger partial charge in [-0.05, 0) is 68.6 Å². The Balaban J connectivity index is 1.22. The molecule has 2 heterocycles. The minimum atomic E-state index is -0.236. The van der Waals surface area contributed by atoms with Crippen molar-refractivity contribution >= 4 is 5.69 Å². The molecule has 30 heavy (non-hydrogen) atoms. The monoisotopic (exact) mass is 407 g/mol. The highest BCUT2D eigenvalue weighted by atomic mass is 19.1. The van der Waals surface area contributed by atoms with E-state index in [-0.39, 0.29) is 5.82 Å². The van der Waals surface area contributed by atoms with Gasteiger partial charge in [-0.25, -0.2) is 9.07 Å². The molecule has 0 amide bonds. The van der Waals surface area contributed by atoms with Crippen LogP contribution in [0, 0.1) is 19.7 Å². The maximum atomic E-state index is 13.5. The number of hydrogen-bond donors (Lipinski definition) is 0. The molecule has 1 saturated heterocycles. The van der Waals surface area contributed by atoms with Crippen molar-refractivity contribution in [3.63, 3.8) is 0 Å². The van der Waals surface area contributed by atoms with Gasteiger partial charge in [-0.1, -0.05) is 23.4 Å². The van der Waals surface area contributed by atoms with Crippen molar-refractivity contribution in [1.29, 1.82) is 0 Å². The largest absolute Gasteiger partial charge is 0.369 e. The number of piperazine rings is 1. The zero-order chi connectivity index (χ0) is 20.9. The van der Waals surface area contributed by atoms with Crippen LogP contribution in [0.15, 0.2) is 48.7 Å². The molecule has 0 aliphatic carbocycles. The van der Waals surface area contributed by atoms with Crippen LogP contribution in [0.2, 0.25) is 0 Å². The summed E-state index contributed by atoms with van der Waals surface area (Å²) in [5.41, 5.74) is 5.75. The molecule has 6 heteroatoms. The lowest BCUT2D eigenvalue weighted by atomic mass is 10.1. The summed E-state index contributed by atoms with van der Waals surface area (Å²) >= 11 is 0. The Hall–Kier alpha value is -2.73. The lowest BCUT2D eigenvalue weighted by Crippen LogP contribution is -2.46. The van der Waals surface area contributed by atoms with Gasteiger partial charge in [0, 0.05) is 44.0 Å². The first kappa shape index (κ1) is 20.5. The predicted molar refractivity (Wildman–Crippen MR) is 119 cm³/mol. The molecule has 4 rings (SSSR count). The Bertz CT molecular complexity index is 975. The highest BCUT2D eigenvalue weighted by molar-refractivity contribution is 5.58. The SMILES string of the molecule is Cc1ccc(N2CCN(CCCCn3nncc3-c3cccc(F)c3)CC2)cc1C. The summed E-state index contributed by atoms with van der Waals surface area (Å²) in [6, 6.07) is 13.4. The number of halogens is 1. The number of anilines is 1. The molecule has 0 bridgehead atoms. The molecule has 158 valence electrons. The molecular formula is C24H30FN5. The second-order valence-corrected chi connectivity index (χ2v) is 8.16. The van der Waals surface area contributed by atoms with Crippen LogP contribution in [0.4, 0.5) is 10.1 Å². The van der Waals surface area contributed by atoms with E-state index in [4.69, 9.17) is 0 Å². The Labute approximate surface area is 178 Å². The van der Waals surface area contributed by atoms with Crippen LogP contribution in [0.5, 0.6) is 0 Å².